The summed E-state index contributed by atoms with van der Waals surface area (Å²) in [5.41, 5.74) is 0.392. The Balaban J connectivity index is 2.34. The first-order valence-electron chi connectivity index (χ1n) is 9.75. The summed E-state index contributed by atoms with van der Waals surface area (Å²) in [5, 5.41) is 14.2. The van der Waals surface area contributed by atoms with E-state index in [4.69, 9.17) is 9.84 Å². The van der Waals surface area contributed by atoms with Crippen LogP contribution in [0.2, 0.25) is 0 Å². The minimum absolute atomic E-state index is 0.148. The Morgan fingerprint density at radius 1 is 1.10 bits per heavy atom. The summed E-state index contributed by atoms with van der Waals surface area (Å²) in [5.74, 6) is -0.940. The van der Waals surface area contributed by atoms with E-state index in [1.165, 1.54) is 25.3 Å². The van der Waals surface area contributed by atoms with Gasteiger partial charge < -0.3 is 20.5 Å². The van der Waals surface area contributed by atoms with Gasteiger partial charge in [-0.3, -0.25) is 9.59 Å². The normalized spacial score (nSPS) is 12.0. The van der Waals surface area contributed by atoms with Gasteiger partial charge in [-0.2, -0.15) is 0 Å². The van der Waals surface area contributed by atoms with E-state index in [1.54, 1.807) is 24.3 Å². The lowest BCUT2D eigenvalue weighted by Crippen LogP contribution is -2.43. The van der Waals surface area contributed by atoms with Gasteiger partial charge in [0, 0.05) is 23.9 Å². The van der Waals surface area contributed by atoms with E-state index in [0.29, 0.717) is 11.3 Å². The Labute approximate surface area is 180 Å². The number of carbonyl (C=O) groups excluding carboxylic acids is 2. The first kappa shape index (κ1) is 23.9. The van der Waals surface area contributed by atoms with Crippen molar-refractivity contribution in [1.82, 2.24) is 10.6 Å². The quantitative estimate of drug-likeness (QED) is 0.596. The highest BCUT2D eigenvalue weighted by Gasteiger charge is 2.25. The minimum atomic E-state index is -1.40. The molecule has 0 aliphatic carbocycles. The molecule has 8 heteroatoms. The third-order valence-electron chi connectivity index (χ3n) is 4.48. The summed E-state index contributed by atoms with van der Waals surface area (Å²) in [6, 6.07) is 9.41. The second kappa shape index (κ2) is 10.1. The maximum absolute atomic E-state index is 14.0. The molecule has 2 aromatic rings. The molecule has 0 saturated heterocycles. The molecule has 31 heavy (non-hydrogen) atoms. The number of ether oxygens (including phenoxy) is 1. The highest BCUT2D eigenvalue weighted by molar-refractivity contribution is 5.98. The van der Waals surface area contributed by atoms with E-state index in [1.807, 2.05) is 20.8 Å². The van der Waals surface area contributed by atoms with Gasteiger partial charge in [-0.25, -0.2) is 9.18 Å². The molecular weight excluding hydrogens is 403 g/mol. The molecule has 0 fully saturated rings. The van der Waals surface area contributed by atoms with Crippen LogP contribution in [0.4, 0.5) is 9.18 Å². The second-order valence-corrected chi connectivity index (χ2v) is 8.17. The van der Waals surface area contributed by atoms with E-state index in [2.05, 4.69) is 10.6 Å². The lowest BCUT2D eigenvalue weighted by molar-refractivity contribution is -0.120. The van der Waals surface area contributed by atoms with E-state index in [-0.39, 0.29) is 29.9 Å². The molecule has 2 aromatic carbocycles. The van der Waals surface area contributed by atoms with E-state index in [0.717, 1.165) is 0 Å². The average molecular weight is 430 g/mol. The number of hydrogen-bond donors (Lipinski definition) is 3. The standard InChI is InChI=1S/C23H27FN2O5/c1-23(2,3)26-21(28)17-10-9-16(31-4)11-15(17)13-20(27)19(25-22(29)30)12-14-7-5-6-8-18(14)24/h5-11,19,25H,12-13H2,1-4H3,(H,26,28)(H,29,30). The number of carbonyl (C=O) groups is 3. The van der Waals surface area contributed by atoms with Crippen molar-refractivity contribution in [2.24, 2.45) is 0 Å². The number of ketones is 1. The first-order valence-corrected chi connectivity index (χ1v) is 9.75. The van der Waals surface area contributed by atoms with Crippen molar-refractivity contribution in [2.75, 3.05) is 7.11 Å². The van der Waals surface area contributed by atoms with Gasteiger partial charge in [0.15, 0.2) is 5.78 Å². The zero-order valence-corrected chi connectivity index (χ0v) is 18.0. The number of hydrogen-bond acceptors (Lipinski definition) is 4. The van der Waals surface area contributed by atoms with Gasteiger partial charge in [-0.05, 0) is 56.2 Å². The van der Waals surface area contributed by atoms with Crippen molar-refractivity contribution in [3.05, 3.63) is 65.0 Å². The van der Waals surface area contributed by atoms with Crippen LogP contribution >= 0.6 is 0 Å². The molecular formula is C23H27FN2O5. The van der Waals surface area contributed by atoms with Gasteiger partial charge in [0.05, 0.1) is 13.2 Å². The molecule has 0 aromatic heterocycles. The Bertz CT molecular complexity index is 969. The fourth-order valence-corrected chi connectivity index (χ4v) is 3.06. The van der Waals surface area contributed by atoms with Gasteiger partial charge in [0.25, 0.3) is 5.91 Å². The highest BCUT2D eigenvalue weighted by atomic mass is 19.1. The minimum Gasteiger partial charge on any atom is -0.497 e. The van der Waals surface area contributed by atoms with Gasteiger partial charge in [0.1, 0.15) is 11.6 Å². The second-order valence-electron chi connectivity index (χ2n) is 8.17. The van der Waals surface area contributed by atoms with Crippen LogP contribution in [0.1, 0.15) is 42.3 Å². The Hall–Kier alpha value is -3.42. The van der Waals surface area contributed by atoms with Crippen molar-refractivity contribution < 1.29 is 28.6 Å². The molecule has 1 atom stereocenters. The molecule has 0 aliphatic rings. The number of halogens is 1. The molecule has 1 unspecified atom stereocenters. The summed E-state index contributed by atoms with van der Waals surface area (Å²) in [7, 11) is 1.46. The lowest BCUT2D eigenvalue weighted by atomic mass is 9.94. The summed E-state index contributed by atoms with van der Waals surface area (Å²) < 4.78 is 19.3. The number of carboxylic acid groups (broad SMARTS) is 1. The van der Waals surface area contributed by atoms with Gasteiger partial charge in [-0.1, -0.05) is 18.2 Å². The van der Waals surface area contributed by atoms with Gasteiger partial charge in [-0.15, -0.1) is 0 Å². The molecule has 0 heterocycles. The highest BCUT2D eigenvalue weighted by Crippen LogP contribution is 2.21. The van der Waals surface area contributed by atoms with Crippen LogP contribution in [0.15, 0.2) is 42.5 Å². The van der Waals surface area contributed by atoms with Crippen molar-refractivity contribution in [3.8, 4) is 5.75 Å². The van der Waals surface area contributed by atoms with Gasteiger partial charge in [0.2, 0.25) is 0 Å². The number of nitrogens with one attached hydrogen (secondary N) is 2. The van der Waals surface area contributed by atoms with Crippen LogP contribution < -0.4 is 15.4 Å². The molecule has 0 saturated carbocycles. The SMILES string of the molecule is COc1ccc(C(=O)NC(C)(C)C)c(CC(=O)C(Cc2ccccc2F)NC(=O)O)c1. The fourth-order valence-electron chi connectivity index (χ4n) is 3.06. The van der Waals surface area contributed by atoms with Crippen LogP contribution in [-0.4, -0.2) is 41.6 Å². The predicted octanol–water partition coefficient (Wildman–Crippen LogP) is 3.35. The third-order valence-corrected chi connectivity index (χ3v) is 4.48. The Kier molecular flexibility index (Phi) is 7.74. The van der Waals surface area contributed by atoms with Crippen LogP contribution in [0.3, 0.4) is 0 Å². The largest absolute Gasteiger partial charge is 0.497 e. The molecule has 0 radical (unpaired) electrons. The van der Waals surface area contributed by atoms with Crippen LogP contribution in [0.5, 0.6) is 5.75 Å². The molecule has 166 valence electrons. The molecule has 3 N–H and O–H groups in total. The van der Waals surface area contributed by atoms with Crippen molar-refractivity contribution in [2.45, 2.75) is 45.2 Å². The number of rotatable bonds is 8. The summed E-state index contributed by atoms with van der Waals surface area (Å²) >= 11 is 0. The molecule has 2 rings (SSSR count). The van der Waals surface area contributed by atoms with Crippen molar-refractivity contribution >= 4 is 17.8 Å². The fraction of sp³-hybridized carbons (Fsp3) is 0.348. The van der Waals surface area contributed by atoms with Crippen LogP contribution in [0, 0.1) is 5.82 Å². The smallest absolute Gasteiger partial charge is 0.405 e. The number of benzene rings is 2. The van der Waals surface area contributed by atoms with E-state index in [9.17, 15) is 18.8 Å². The third kappa shape index (κ3) is 7.09. The maximum Gasteiger partial charge on any atom is 0.405 e. The van der Waals surface area contributed by atoms with Crippen molar-refractivity contribution in [3.63, 3.8) is 0 Å². The zero-order chi connectivity index (χ0) is 23.2. The first-order chi connectivity index (χ1) is 14.5. The summed E-state index contributed by atoms with van der Waals surface area (Å²) in [6.45, 7) is 5.50. The number of methoxy groups -OCH3 is 1. The van der Waals surface area contributed by atoms with E-state index < -0.39 is 29.3 Å². The van der Waals surface area contributed by atoms with Crippen LogP contribution in [0.25, 0.3) is 0 Å². The van der Waals surface area contributed by atoms with E-state index >= 15 is 0 Å². The number of Topliss-reactive ketones (excluding diaryl/α,β-unsaturated/α-hetero) is 1. The molecule has 0 aliphatic heterocycles. The van der Waals surface area contributed by atoms with Crippen molar-refractivity contribution in [1.29, 1.82) is 0 Å². The molecule has 2 amide bonds. The monoisotopic (exact) mass is 430 g/mol. The maximum atomic E-state index is 14.0. The molecule has 0 bridgehead atoms. The van der Waals surface area contributed by atoms with Gasteiger partial charge >= 0.3 is 6.09 Å². The zero-order valence-electron chi connectivity index (χ0n) is 18.0. The summed E-state index contributed by atoms with van der Waals surface area (Å²) in [6.07, 6.45) is -1.78. The van der Waals surface area contributed by atoms with Crippen LogP contribution in [-0.2, 0) is 17.6 Å². The number of amides is 2. The topological polar surface area (TPSA) is 105 Å². The lowest BCUT2D eigenvalue weighted by Gasteiger charge is -2.22. The predicted molar refractivity (Wildman–Crippen MR) is 114 cm³/mol. The summed E-state index contributed by atoms with van der Waals surface area (Å²) in [4.78, 5) is 37.0. The molecule has 7 nitrogen and oxygen atoms in total. The molecule has 0 spiro atoms. The average Bonchev–Trinajstić information content (AvgIpc) is 2.67. The Morgan fingerprint density at radius 2 is 1.77 bits per heavy atom. The Morgan fingerprint density at radius 3 is 2.35 bits per heavy atom.